The zero-order chi connectivity index (χ0) is 20.7. The Bertz CT molecular complexity index is 1290. The second kappa shape index (κ2) is 7.27. The molecule has 2 aromatic carbocycles. The lowest BCUT2D eigenvalue weighted by Gasteiger charge is -2.21. The van der Waals surface area contributed by atoms with Gasteiger partial charge in [-0.25, -0.2) is 0 Å². The van der Waals surface area contributed by atoms with Crippen molar-refractivity contribution < 1.29 is 14.4 Å². The lowest BCUT2D eigenvalue weighted by atomic mass is 10.0. The smallest absolute Gasteiger partial charge is 0.239 e. The maximum absolute atomic E-state index is 13.2. The van der Waals surface area contributed by atoms with Crippen LogP contribution < -0.4 is 15.8 Å². The van der Waals surface area contributed by atoms with Crippen molar-refractivity contribution in [3.8, 4) is 11.3 Å². The topological polar surface area (TPSA) is 87.7 Å². The Labute approximate surface area is 170 Å². The van der Waals surface area contributed by atoms with Gasteiger partial charge >= 0.3 is 0 Å². The number of nitrogens with zero attached hydrogens (tertiary/aromatic N) is 2. The Morgan fingerprint density at radius 1 is 1.24 bits per heavy atom. The van der Waals surface area contributed by atoms with E-state index in [1.165, 1.54) is 14.1 Å². The van der Waals surface area contributed by atoms with Crippen LogP contribution in [0.1, 0.15) is 0 Å². The van der Waals surface area contributed by atoms with Crippen molar-refractivity contribution in [3.63, 3.8) is 0 Å². The number of carbonyl (C=O) groups is 1. The van der Waals surface area contributed by atoms with Gasteiger partial charge in [0.1, 0.15) is 18.0 Å². The SMILES string of the molecule is CNC(=O)Cn1c2cc(-c3ccco3)ccc2c(=O)c2ccc(Cl)c(N(C)O)c21. The third kappa shape index (κ3) is 3.14. The summed E-state index contributed by atoms with van der Waals surface area (Å²) in [4.78, 5) is 25.5. The van der Waals surface area contributed by atoms with E-state index in [4.69, 9.17) is 16.0 Å². The number of fused-ring (bicyclic) bond motifs is 2. The highest BCUT2D eigenvalue weighted by molar-refractivity contribution is 6.35. The summed E-state index contributed by atoms with van der Waals surface area (Å²) in [5, 5.41) is 14.7. The van der Waals surface area contributed by atoms with Crippen molar-refractivity contribution in [1.82, 2.24) is 9.88 Å². The number of likely N-dealkylation sites (N-methyl/N-ethyl adjacent to an activating group) is 1. The van der Waals surface area contributed by atoms with Crippen molar-refractivity contribution in [2.24, 2.45) is 0 Å². The zero-order valence-corrected chi connectivity index (χ0v) is 16.5. The summed E-state index contributed by atoms with van der Waals surface area (Å²) < 4.78 is 7.16. The van der Waals surface area contributed by atoms with Gasteiger partial charge in [-0.3, -0.25) is 19.9 Å². The van der Waals surface area contributed by atoms with Gasteiger partial charge < -0.3 is 14.3 Å². The summed E-state index contributed by atoms with van der Waals surface area (Å²) in [7, 11) is 2.95. The number of halogens is 1. The molecule has 0 aliphatic rings. The summed E-state index contributed by atoms with van der Waals surface area (Å²) in [5.41, 5.74) is 1.70. The first-order valence-electron chi connectivity index (χ1n) is 8.88. The van der Waals surface area contributed by atoms with Gasteiger partial charge in [0, 0.05) is 30.4 Å². The molecular formula is C21H18ClN3O4. The average molecular weight is 412 g/mol. The maximum atomic E-state index is 13.2. The summed E-state index contributed by atoms with van der Waals surface area (Å²) in [6.45, 7) is -0.0629. The number of furan rings is 1. The molecule has 148 valence electrons. The Morgan fingerprint density at radius 3 is 2.66 bits per heavy atom. The minimum absolute atomic E-state index is 0.0629. The molecule has 0 unspecified atom stereocenters. The Hall–Kier alpha value is -3.29. The quantitative estimate of drug-likeness (QED) is 0.395. The van der Waals surface area contributed by atoms with Crippen LogP contribution in [0.5, 0.6) is 0 Å². The maximum Gasteiger partial charge on any atom is 0.239 e. The number of carbonyl (C=O) groups excluding carboxylic acids is 1. The Kier molecular flexibility index (Phi) is 4.77. The van der Waals surface area contributed by atoms with Crippen LogP contribution in [0.15, 0.2) is 57.9 Å². The fraction of sp³-hybridized carbons (Fsp3) is 0.143. The molecule has 4 aromatic rings. The van der Waals surface area contributed by atoms with Crippen LogP contribution in [0, 0.1) is 0 Å². The highest BCUT2D eigenvalue weighted by atomic mass is 35.5. The van der Waals surface area contributed by atoms with Crippen LogP contribution in [-0.4, -0.2) is 29.8 Å². The third-order valence-electron chi connectivity index (χ3n) is 4.86. The first kappa shape index (κ1) is 19.0. The van der Waals surface area contributed by atoms with Gasteiger partial charge in [0.2, 0.25) is 5.91 Å². The van der Waals surface area contributed by atoms with Crippen LogP contribution >= 0.6 is 11.6 Å². The van der Waals surface area contributed by atoms with E-state index in [-0.39, 0.29) is 28.6 Å². The van der Waals surface area contributed by atoms with Crippen LogP contribution in [-0.2, 0) is 11.3 Å². The molecule has 29 heavy (non-hydrogen) atoms. The van der Waals surface area contributed by atoms with Crippen molar-refractivity contribution in [2.75, 3.05) is 19.2 Å². The molecule has 1 amide bonds. The van der Waals surface area contributed by atoms with E-state index >= 15 is 0 Å². The van der Waals surface area contributed by atoms with Crippen LogP contribution in [0.3, 0.4) is 0 Å². The number of benzene rings is 2. The standard InChI is InChI=1S/C21H18ClN3O4/c1-23-18(26)11-25-16-10-12(17-4-3-9-29-17)5-6-13(16)21(27)14-7-8-15(22)20(19(14)25)24(2)28/h3-10,28H,11H2,1-2H3,(H,23,26). The number of aromatic nitrogens is 1. The largest absolute Gasteiger partial charge is 0.464 e. The van der Waals surface area contributed by atoms with Gasteiger partial charge in [-0.15, -0.1) is 0 Å². The first-order chi connectivity index (χ1) is 13.9. The van der Waals surface area contributed by atoms with Gasteiger partial charge in [-0.05, 0) is 36.4 Å². The summed E-state index contributed by atoms with van der Waals surface area (Å²) in [6, 6.07) is 12.1. The number of amides is 1. The summed E-state index contributed by atoms with van der Waals surface area (Å²) in [6.07, 6.45) is 1.57. The number of nitrogens with one attached hydrogen (secondary N) is 1. The molecule has 0 fully saturated rings. The number of hydrogen-bond donors (Lipinski definition) is 2. The average Bonchev–Trinajstić information content (AvgIpc) is 3.24. The van der Waals surface area contributed by atoms with E-state index in [1.54, 1.807) is 47.2 Å². The van der Waals surface area contributed by atoms with E-state index in [0.29, 0.717) is 27.6 Å². The molecule has 2 heterocycles. The number of pyridine rings is 1. The summed E-state index contributed by atoms with van der Waals surface area (Å²) in [5.74, 6) is 0.378. The Morgan fingerprint density at radius 2 is 2.00 bits per heavy atom. The number of rotatable bonds is 4. The van der Waals surface area contributed by atoms with Gasteiger partial charge in [-0.1, -0.05) is 17.7 Å². The minimum Gasteiger partial charge on any atom is -0.464 e. The molecule has 8 heteroatoms. The van der Waals surface area contributed by atoms with Crippen molar-refractivity contribution >= 4 is 45.0 Å². The van der Waals surface area contributed by atoms with E-state index in [0.717, 1.165) is 10.6 Å². The van der Waals surface area contributed by atoms with E-state index in [9.17, 15) is 14.8 Å². The molecule has 0 aliphatic carbocycles. The molecule has 2 N–H and O–H groups in total. The molecule has 2 aromatic heterocycles. The third-order valence-corrected chi connectivity index (χ3v) is 5.16. The molecule has 0 spiro atoms. The molecule has 7 nitrogen and oxygen atoms in total. The van der Waals surface area contributed by atoms with E-state index < -0.39 is 0 Å². The van der Waals surface area contributed by atoms with Crippen LogP contribution in [0.25, 0.3) is 33.1 Å². The van der Waals surface area contributed by atoms with Crippen molar-refractivity contribution in [3.05, 3.63) is 64.0 Å². The zero-order valence-electron chi connectivity index (χ0n) is 15.8. The molecule has 0 radical (unpaired) electrons. The summed E-state index contributed by atoms with van der Waals surface area (Å²) >= 11 is 6.32. The number of hydroxylamine groups is 1. The van der Waals surface area contributed by atoms with Crippen molar-refractivity contribution in [1.29, 1.82) is 0 Å². The van der Waals surface area contributed by atoms with E-state index in [2.05, 4.69) is 5.32 Å². The number of anilines is 1. The predicted octanol–water partition coefficient (Wildman–Crippen LogP) is 3.64. The number of hydrogen-bond acceptors (Lipinski definition) is 5. The van der Waals surface area contributed by atoms with E-state index in [1.807, 2.05) is 6.07 Å². The van der Waals surface area contributed by atoms with Crippen LogP contribution in [0.4, 0.5) is 5.69 Å². The minimum atomic E-state index is -0.258. The highest BCUT2D eigenvalue weighted by Gasteiger charge is 2.20. The molecule has 0 atom stereocenters. The molecule has 0 aliphatic heterocycles. The van der Waals surface area contributed by atoms with Gasteiger partial charge in [0.05, 0.1) is 22.3 Å². The fourth-order valence-corrected chi connectivity index (χ4v) is 3.79. The van der Waals surface area contributed by atoms with Crippen molar-refractivity contribution in [2.45, 2.75) is 6.54 Å². The molecule has 0 saturated heterocycles. The lowest BCUT2D eigenvalue weighted by Crippen LogP contribution is -2.26. The lowest BCUT2D eigenvalue weighted by molar-refractivity contribution is -0.121. The normalized spacial score (nSPS) is 11.2. The van der Waals surface area contributed by atoms with Gasteiger partial charge in [0.15, 0.2) is 5.43 Å². The molecule has 4 rings (SSSR count). The second-order valence-electron chi connectivity index (χ2n) is 6.61. The molecule has 0 bridgehead atoms. The molecule has 0 saturated carbocycles. The van der Waals surface area contributed by atoms with Gasteiger partial charge in [-0.2, -0.15) is 0 Å². The predicted molar refractivity (Wildman–Crippen MR) is 113 cm³/mol. The van der Waals surface area contributed by atoms with Crippen LogP contribution in [0.2, 0.25) is 5.02 Å². The fourth-order valence-electron chi connectivity index (χ4n) is 3.51. The first-order valence-corrected chi connectivity index (χ1v) is 9.26. The molecular weight excluding hydrogens is 394 g/mol. The second-order valence-corrected chi connectivity index (χ2v) is 7.02. The monoisotopic (exact) mass is 411 g/mol. The highest BCUT2D eigenvalue weighted by Crippen LogP contribution is 2.35. The Balaban J connectivity index is 2.19. The van der Waals surface area contributed by atoms with Gasteiger partial charge in [0.25, 0.3) is 0 Å².